The van der Waals surface area contributed by atoms with Gasteiger partial charge in [0.15, 0.2) is 11.5 Å². The molecule has 0 heterocycles. The Morgan fingerprint density at radius 3 is 2.47 bits per heavy atom. The van der Waals surface area contributed by atoms with Crippen molar-refractivity contribution in [2.24, 2.45) is 11.8 Å². The summed E-state index contributed by atoms with van der Waals surface area (Å²) < 4.78 is 15.9. The summed E-state index contributed by atoms with van der Waals surface area (Å²) in [5.74, 6) is -0.860. The fourth-order valence-electron chi connectivity index (χ4n) is 5.79. The van der Waals surface area contributed by atoms with E-state index in [4.69, 9.17) is 14.2 Å². The standard InChI is InChI=1S/C35H47NO11/c1-44-33-23-26(35(41)45-21-9-10-22-46-36(42)43)16-20-32(33)47-34(40)14-8-3-2-7-13-28-29(31(39)24-30(28)38)19-18-27(37)17-15-25-11-5-4-6-12-25/h2,4-7,11-12,16,20,23,27-31,37-39H,3,8-10,13-15,17-19,21-22,24H2,1H3/b7-2-/t27-,28+,29+,30-,31+/m0/s1. The number of unbranched alkanes of at least 4 members (excludes halogenated alkanes) is 2. The molecule has 2 aromatic carbocycles. The lowest BCUT2D eigenvalue weighted by atomic mass is 9.85. The minimum absolute atomic E-state index is 0.0664. The van der Waals surface area contributed by atoms with Crippen LogP contribution in [0.3, 0.4) is 0 Å². The highest BCUT2D eigenvalue weighted by molar-refractivity contribution is 5.90. The van der Waals surface area contributed by atoms with Crippen LogP contribution in [0.2, 0.25) is 0 Å². The summed E-state index contributed by atoms with van der Waals surface area (Å²) in [7, 11) is 1.39. The topological polar surface area (TPSA) is 175 Å². The molecule has 0 saturated heterocycles. The summed E-state index contributed by atoms with van der Waals surface area (Å²) in [4.78, 5) is 39.1. The number of carbonyl (C=O) groups is 2. The molecule has 0 amide bonds. The maximum Gasteiger partial charge on any atom is 0.338 e. The van der Waals surface area contributed by atoms with Gasteiger partial charge in [0.25, 0.3) is 5.09 Å². The lowest BCUT2D eigenvalue weighted by Crippen LogP contribution is -2.23. The van der Waals surface area contributed by atoms with Crippen LogP contribution in [0.1, 0.15) is 80.1 Å². The molecule has 3 N–H and O–H groups in total. The Morgan fingerprint density at radius 2 is 1.72 bits per heavy atom. The van der Waals surface area contributed by atoms with Crippen LogP contribution in [0.15, 0.2) is 60.7 Å². The van der Waals surface area contributed by atoms with Crippen molar-refractivity contribution in [1.29, 1.82) is 0 Å². The number of rotatable bonds is 21. The van der Waals surface area contributed by atoms with Gasteiger partial charge in [-0.15, -0.1) is 10.1 Å². The third kappa shape index (κ3) is 13.3. The molecule has 1 aliphatic carbocycles. The SMILES string of the molecule is COc1cc(C(=O)OCCCCO[N+](=O)[O-])ccc1OC(=O)CCC/C=C\C[C@@H]1[C@@H](CC[C@@H](O)CCc2ccccc2)[C@H](O)C[C@@H]1O. The van der Waals surface area contributed by atoms with Gasteiger partial charge in [0.1, 0.15) is 0 Å². The van der Waals surface area contributed by atoms with Crippen LogP contribution in [0.4, 0.5) is 0 Å². The van der Waals surface area contributed by atoms with Crippen LogP contribution < -0.4 is 9.47 Å². The van der Waals surface area contributed by atoms with Crippen LogP contribution >= 0.6 is 0 Å². The second kappa shape index (κ2) is 20.3. The first-order valence-electron chi connectivity index (χ1n) is 16.2. The van der Waals surface area contributed by atoms with Crippen molar-refractivity contribution in [2.75, 3.05) is 20.3 Å². The second-order valence-electron chi connectivity index (χ2n) is 11.8. The summed E-state index contributed by atoms with van der Waals surface area (Å²) in [6.45, 7) is -0.00936. The third-order valence-corrected chi connectivity index (χ3v) is 8.38. The number of aliphatic hydroxyl groups excluding tert-OH is 3. The average Bonchev–Trinajstić information content (AvgIpc) is 3.33. The van der Waals surface area contributed by atoms with E-state index in [1.807, 2.05) is 42.5 Å². The van der Waals surface area contributed by atoms with Crippen molar-refractivity contribution in [3.8, 4) is 11.5 Å². The molecule has 1 aliphatic rings. The van der Waals surface area contributed by atoms with Gasteiger partial charge in [-0.25, -0.2) is 4.79 Å². The molecule has 0 aromatic heterocycles. The van der Waals surface area contributed by atoms with Gasteiger partial charge in [0, 0.05) is 6.42 Å². The summed E-state index contributed by atoms with van der Waals surface area (Å²) >= 11 is 0. The van der Waals surface area contributed by atoms with Crippen molar-refractivity contribution in [2.45, 2.75) is 88.9 Å². The Bertz CT molecular complexity index is 1290. The number of benzene rings is 2. The summed E-state index contributed by atoms with van der Waals surface area (Å²) in [5, 5.41) is 40.9. The highest BCUT2D eigenvalue weighted by atomic mass is 16.9. The molecule has 0 aliphatic heterocycles. The van der Waals surface area contributed by atoms with Gasteiger partial charge >= 0.3 is 11.9 Å². The van der Waals surface area contributed by atoms with Crippen LogP contribution in [0.25, 0.3) is 0 Å². The zero-order valence-corrected chi connectivity index (χ0v) is 26.9. The first-order chi connectivity index (χ1) is 22.7. The normalized spacial score (nSPS) is 19.7. The Kier molecular flexibility index (Phi) is 16.2. The van der Waals surface area contributed by atoms with Gasteiger partial charge in [-0.2, -0.15) is 0 Å². The smallest absolute Gasteiger partial charge is 0.338 e. The fraction of sp³-hybridized carbons (Fsp3) is 0.543. The molecule has 0 spiro atoms. The minimum atomic E-state index is -0.874. The summed E-state index contributed by atoms with van der Waals surface area (Å²) in [6.07, 6.45) is 8.01. The number of methoxy groups -OCH3 is 1. The van der Waals surface area contributed by atoms with Gasteiger partial charge in [0.05, 0.1) is 44.2 Å². The van der Waals surface area contributed by atoms with Crippen LogP contribution in [0, 0.1) is 22.0 Å². The van der Waals surface area contributed by atoms with E-state index in [0.717, 1.165) is 6.42 Å². The van der Waals surface area contributed by atoms with Gasteiger partial charge in [-0.3, -0.25) is 4.79 Å². The number of nitrogens with zero attached hydrogens (tertiary/aromatic N) is 1. The maximum absolute atomic E-state index is 12.5. The minimum Gasteiger partial charge on any atom is -0.493 e. The third-order valence-electron chi connectivity index (χ3n) is 8.38. The number of hydrogen-bond acceptors (Lipinski definition) is 11. The second-order valence-corrected chi connectivity index (χ2v) is 11.8. The van der Waals surface area contributed by atoms with E-state index >= 15 is 0 Å². The first kappa shape index (κ1) is 37.5. The number of allylic oxidation sites excluding steroid dienone is 2. The van der Waals surface area contributed by atoms with E-state index in [2.05, 4.69) is 4.84 Å². The molecule has 0 bridgehead atoms. The molecule has 2 aromatic rings. The Balaban J connectivity index is 1.35. The fourth-order valence-corrected chi connectivity index (χ4v) is 5.79. The number of aryl methyl sites for hydroxylation is 1. The van der Waals surface area contributed by atoms with Gasteiger partial charge in [-0.05, 0) is 99.8 Å². The van der Waals surface area contributed by atoms with Gasteiger partial charge in [-0.1, -0.05) is 42.5 Å². The first-order valence-corrected chi connectivity index (χ1v) is 16.2. The van der Waals surface area contributed by atoms with Crippen LogP contribution in [0.5, 0.6) is 11.5 Å². The highest BCUT2D eigenvalue weighted by Crippen LogP contribution is 2.38. The van der Waals surface area contributed by atoms with E-state index in [-0.39, 0.29) is 48.5 Å². The molecule has 12 nitrogen and oxygen atoms in total. The average molecular weight is 658 g/mol. The van der Waals surface area contributed by atoms with E-state index < -0.39 is 35.3 Å². The highest BCUT2D eigenvalue weighted by Gasteiger charge is 2.40. The Morgan fingerprint density at radius 1 is 0.979 bits per heavy atom. The molecule has 1 saturated carbocycles. The predicted octanol–water partition coefficient (Wildman–Crippen LogP) is 4.99. The molecule has 0 unspecified atom stereocenters. The number of ether oxygens (including phenoxy) is 3. The van der Waals surface area contributed by atoms with Crippen LogP contribution in [-0.4, -0.2) is 71.0 Å². The number of hydrogen-bond donors (Lipinski definition) is 3. The van der Waals surface area contributed by atoms with Crippen molar-refractivity contribution >= 4 is 11.9 Å². The molecule has 258 valence electrons. The largest absolute Gasteiger partial charge is 0.493 e. The van der Waals surface area contributed by atoms with Crippen molar-refractivity contribution < 1.29 is 49.0 Å². The number of carbonyl (C=O) groups excluding carboxylic acids is 2. The molecular weight excluding hydrogens is 610 g/mol. The van der Waals surface area contributed by atoms with Gasteiger partial charge < -0.3 is 34.4 Å². The van der Waals surface area contributed by atoms with Crippen molar-refractivity contribution in [1.82, 2.24) is 0 Å². The van der Waals surface area contributed by atoms with E-state index in [0.29, 0.717) is 57.8 Å². The summed E-state index contributed by atoms with van der Waals surface area (Å²) in [5.41, 5.74) is 1.39. The number of esters is 2. The van der Waals surface area contributed by atoms with Gasteiger partial charge in [0.2, 0.25) is 0 Å². The summed E-state index contributed by atoms with van der Waals surface area (Å²) in [6, 6.07) is 14.4. The molecule has 47 heavy (non-hydrogen) atoms. The van der Waals surface area contributed by atoms with E-state index in [1.165, 1.54) is 30.9 Å². The number of aliphatic hydroxyl groups is 3. The zero-order valence-electron chi connectivity index (χ0n) is 26.9. The molecular formula is C35H47NO11. The molecule has 3 rings (SSSR count). The molecule has 1 fully saturated rings. The lowest BCUT2D eigenvalue weighted by Gasteiger charge is -2.23. The molecule has 12 heteroatoms. The quantitative estimate of drug-likeness (QED) is 0.0412. The van der Waals surface area contributed by atoms with Crippen LogP contribution in [-0.2, 0) is 20.8 Å². The van der Waals surface area contributed by atoms with Crippen molar-refractivity contribution in [3.05, 3.63) is 81.9 Å². The maximum atomic E-state index is 12.5. The monoisotopic (exact) mass is 657 g/mol. The molecule has 5 atom stereocenters. The zero-order chi connectivity index (χ0) is 34.0. The Labute approximate surface area is 275 Å². The molecule has 0 radical (unpaired) electrons. The van der Waals surface area contributed by atoms with E-state index in [1.54, 1.807) is 0 Å². The lowest BCUT2D eigenvalue weighted by molar-refractivity contribution is -0.757. The Hall–Kier alpha value is -4.00. The van der Waals surface area contributed by atoms with Crippen molar-refractivity contribution in [3.63, 3.8) is 0 Å². The van der Waals surface area contributed by atoms with E-state index in [9.17, 15) is 35.0 Å². The predicted molar refractivity (Wildman–Crippen MR) is 172 cm³/mol.